The lowest BCUT2D eigenvalue weighted by atomic mass is 10.0. The van der Waals surface area contributed by atoms with E-state index in [9.17, 15) is 9.90 Å². The lowest BCUT2D eigenvalue weighted by Gasteiger charge is -2.21. The van der Waals surface area contributed by atoms with Crippen molar-refractivity contribution in [3.63, 3.8) is 0 Å². The Morgan fingerprint density at radius 2 is 2.23 bits per heavy atom. The summed E-state index contributed by atoms with van der Waals surface area (Å²) < 4.78 is 10.6. The van der Waals surface area contributed by atoms with Gasteiger partial charge in [-0.3, -0.25) is 4.79 Å². The van der Waals surface area contributed by atoms with E-state index in [1.165, 1.54) is 6.26 Å². The second-order valence-electron chi connectivity index (χ2n) is 5.08. The van der Waals surface area contributed by atoms with Crippen LogP contribution in [0.1, 0.15) is 19.1 Å². The minimum atomic E-state index is -1.24. The summed E-state index contributed by atoms with van der Waals surface area (Å²) in [5, 5.41) is 13.4. The van der Waals surface area contributed by atoms with E-state index in [0.29, 0.717) is 16.5 Å². The van der Waals surface area contributed by atoms with Gasteiger partial charge in [0.25, 0.3) is 0 Å². The molecule has 6 heteroatoms. The van der Waals surface area contributed by atoms with Gasteiger partial charge in [0.1, 0.15) is 17.1 Å². The number of hydrogen-bond acceptors (Lipinski definition) is 4. The van der Waals surface area contributed by atoms with Crippen molar-refractivity contribution < 1.29 is 19.1 Å². The van der Waals surface area contributed by atoms with Gasteiger partial charge in [-0.15, -0.1) is 0 Å². The molecule has 1 unspecified atom stereocenters. The smallest absolute Gasteiger partial charge is 0.223 e. The maximum Gasteiger partial charge on any atom is 0.223 e. The highest BCUT2D eigenvalue weighted by Crippen LogP contribution is 2.20. The van der Waals surface area contributed by atoms with Gasteiger partial charge in [-0.25, -0.2) is 0 Å². The molecule has 1 aromatic heterocycles. The van der Waals surface area contributed by atoms with Gasteiger partial charge in [0.2, 0.25) is 5.91 Å². The van der Waals surface area contributed by atoms with E-state index < -0.39 is 5.60 Å². The molecule has 0 radical (unpaired) electrons. The van der Waals surface area contributed by atoms with Crippen LogP contribution in [0.5, 0.6) is 5.75 Å². The maximum atomic E-state index is 11.8. The van der Waals surface area contributed by atoms with E-state index in [1.54, 1.807) is 43.3 Å². The first-order valence-electron chi connectivity index (χ1n) is 6.89. The Labute approximate surface area is 133 Å². The minimum absolute atomic E-state index is 0.0660. The fourth-order valence-corrected chi connectivity index (χ4v) is 2.03. The number of carbonyl (C=O) groups is 1. The first-order valence-corrected chi connectivity index (χ1v) is 7.26. The molecule has 0 bridgehead atoms. The molecule has 0 aliphatic heterocycles. The second-order valence-corrected chi connectivity index (χ2v) is 5.52. The first kappa shape index (κ1) is 16.4. The zero-order valence-corrected chi connectivity index (χ0v) is 13.0. The van der Waals surface area contributed by atoms with E-state index in [-0.39, 0.29) is 25.5 Å². The summed E-state index contributed by atoms with van der Waals surface area (Å²) >= 11 is 5.84. The van der Waals surface area contributed by atoms with Crippen molar-refractivity contribution in [3.8, 4) is 5.75 Å². The molecule has 0 spiro atoms. The van der Waals surface area contributed by atoms with E-state index in [0.717, 1.165) is 0 Å². The summed E-state index contributed by atoms with van der Waals surface area (Å²) in [6.07, 6.45) is 1.66. The normalized spacial score (nSPS) is 13.4. The number of ether oxygens (including phenoxy) is 1. The molecule has 0 fully saturated rings. The highest BCUT2D eigenvalue weighted by Gasteiger charge is 2.26. The van der Waals surface area contributed by atoms with Crippen molar-refractivity contribution in [1.29, 1.82) is 0 Å². The fraction of sp³-hybridized carbons (Fsp3) is 0.312. The Bertz CT molecular complexity index is 610. The third-order valence-corrected chi connectivity index (χ3v) is 3.31. The molecule has 0 aliphatic rings. The van der Waals surface area contributed by atoms with Crippen molar-refractivity contribution in [1.82, 2.24) is 5.32 Å². The van der Waals surface area contributed by atoms with Gasteiger partial charge in [-0.1, -0.05) is 17.7 Å². The molecule has 0 saturated heterocycles. The number of nitrogens with one attached hydrogen (secondary N) is 1. The van der Waals surface area contributed by atoms with Crippen LogP contribution in [-0.2, 0) is 10.4 Å². The average Bonchev–Trinajstić information content (AvgIpc) is 3.00. The van der Waals surface area contributed by atoms with Crippen molar-refractivity contribution in [3.05, 3.63) is 53.4 Å². The number of hydrogen-bond donors (Lipinski definition) is 2. The monoisotopic (exact) mass is 323 g/mol. The predicted molar refractivity (Wildman–Crippen MR) is 82.9 cm³/mol. The molecule has 5 nitrogen and oxygen atoms in total. The van der Waals surface area contributed by atoms with Crippen LogP contribution >= 0.6 is 11.6 Å². The molecule has 2 aromatic rings. The summed E-state index contributed by atoms with van der Waals surface area (Å²) in [6.45, 7) is 1.88. The van der Waals surface area contributed by atoms with Crippen LogP contribution in [0.15, 0.2) is 47.1 Å². The van der Waals surface area contributed by atoms with Crippen molar-refractivity contribution in [2.45, 2.75) is 18.9 Å². The van der Waals surface area contributed by atoms with Crippen LogP contribution in [0.4, 0.5) is 0 Å². The van der Waals surface area contributed by atoms with E-state index in [4.69, 9.17) is 20.8 Å². The molecule has 2 N–H and O–H groups in total. The molecule has 0 aliphatic carbocycles. The molecule has 1 atom stereocenters. The van der Waals surface area contributed by atoms with E-state index in [1.807, 2.05) is 0 Å². The van der Waals surface area contributed by atoms with Crippen LogP contribution < -0.4 is 10.1 Å². The standard InChI is InChI=1S/C16H18ClNO4/c1-16(20,14-6-3-8-22-14)11-18-15(19)7-9-21-13-5-2-4-12(17)10-13/h2-6,8,10,20H,7,9,11H2,1H3,(H,18,19). The molecular formula is C16H18ClNO4. The second kappa shape index (κ2) is 7.33. The van der Waals surface area contributed by atoms with Crippen molar-refractivity contribution >= 4 is 17.5 Å². The van der Waals surface area contributed by atoms with Gasteiger partial charge >= 0.3 is 0 Å². The average molecular weight is 324 g/mol. The van der Waals surface area contributed by atoms with E-state index in [2.05, 4.69) is 5.32 Å². The van der Waals surface area contributed by atoms with Gasteiger partial charge < -0.3 is 19.6 Å². The summed E-state index contributed by atoms with van der Waals surface area (Å²) in [5.41, 5.74) is -1.24. The first-order chi connectivity index (χ1) is 10.5. The lowest BCUT2D eigenvalue weighted by molar-refractivity contribution is -0.122. The Morgan fingerprint density at radius 1 is 1.41 bits per heavy atom. The van der Waals surface area contributed by atoms with Crippen molar-refractivity contribution in [2.24, 2.45) is 0 Å². The van der Waals surface area contributed by atoms with Crippen LogP contribution in [0.2, 0.25) is 5.02 Å². The molecule has 0 saturated carbocycles. The van der Waals surface area contributed by atoms with E-state index >= 15 is 0 Å². The number of carbonyl (C=O) groups excluding carboxylic acids is 1. The van der Waals surface area contributed by atoms with Crippen LogP contribution in [0.3, 0.4) is 0 Å². The minimum Gasteiger partial charge on any atom is -0.493 e. The molecule has 2 rings (SSSR count). The third kappa shape index (κ3) is 4.79. The zero-order chi connectivity index (χ0) is 16.0. The number of furan rings is 1. The van der Waals surface area contributed by atoms with Crippen LogP contribution in [0, 0.1) is 0 Å². The van der Waals surface area contributed by atoms with Gasteiger partial charge in [-0.05, 0) is 37.3 Å². The van der Waals surface area contributed by atoms with Crippen molar-refractivity contribution in [2.75, 3.05) is 13.2 Å². The quantitative estimate of drug-likeness (QED) is 0.822. The molecule has 22 heavy (non-hydrogen) atoms. The highest BCUT2D eigenvalue weighted by atomic mass is 35.5. The molecule has 1 aromatic carbocycles. The predicted octanol–water partition coefficient (Wildman–Crippen LogP) is 2.73. The molecular weight excluding hydrogens is 306 g/mol. The molecule has 118 valence electrons. The number of aliphatic hydroxyl groups is 1. The van der Waals surface area contributed by atoms with Gasteiger partial charge in [-0.2, -0.15) is 0 Å². The van der Waals surface area contributed by atoms with Gasteiger partial charge in [0.15, 0.2) is 0 Å². The van der Waals surface area contributed by atoms with Gasteiger partial charge in [0, 0.05) is 5.02 Å². The lowest BCUT2D eigenvalue weighted by Crippen LogP contribution is -2.38. The largest absolute Gasteiger partial charge is 0.493 e. The van der Waals surface area contributed by atoms with Crippen LogP contribution in [0.25, 0.3) is 0 Å². The highest BCUT2D eigenvalue weighted by molar-refractivity contribution is 6.30. The zero-order valence-electron chi connectivity index (χ0n) is 12.2. The Balaban J connectivity index is 1.72. The Kier molecular flexibility index (Phi) is 5.46. The Morgan fingerprint density at radius 3 is 2.91 bits per heavy atom. The maximum absolute atomic E-state index is 11.8. The summed E-state index contributed by atoms with van der Waals surface area (Å²) in [7, 11) is 0. The summed E-state index contributed by atoms with van der Waals surface area (Å²) in [5.74, 6) is 0.805. The van der Waals surface area contributed by atoms with Gasteiger partial charge in [0.05, 0.1) is 25.8 Å². The number of rotatable bonds is 7. The molecule has 1 amide bonds. The number of benzene rings is 1. The van der Waals surface area contributed by atoms with Crippen LogP contribution in [-0.4, -0.2) is 24.2 Å². The third-order valence-electron chi connectivity index (χ3n) is 3.08. The number of halogens is 1. The fourth-order valence-electron chi connectivity index (χ4n) is 1.85. The topological polar surface area (TPSA) is 71.7 Å². The SMILES string of the molecule is CC(O)(CNC(=O)CCOc1cccc(Cl)c1)c1ccco1. The Hall–Kier alpha value is -1.98. The number of amides is 1. The summed E-state index contributed by atoms with van der Waals surface area (Å²) in [4.78, 5) is 11.8. The molecule has 1 heterocycles. The summed E-state index contributed by atoms with van der Waals surface area (Å²) in [6, 6.07) is 10.3.